The number of fused-ring (bicyclic) bond motifs is 1. The van der Waals surface area contributed by atoms with Gasteiger partial charge in [0.2, 0.25) is 11.9 Å². The van der Waals surface area contributed by atoms with Gasteiger partial charge in [-0.2, -0.15) is 4.98 Å². The number of anilines is 1. The van der Waals surface area contributed by atoms with E-state index < -0.39 is 49.3 Å². The molecule has 1 aliphatic heterocycles. The summed E-state index contributed by atoms with van der Waals surface area (Å²) in [4.78, 5) is 37.5. The summed E-state index contributed by atoms with van der Waals surface area (Å²) in [6.45, 7) is 15.8. The van der Waals surface area contributed by atoms with E-state index in [-0.39, 0.29) is 40.6 Å². The van der Waals surface area contributed by atoms with Crippen molar-refractivity contribution >= 4 is 31.3 Å². The molecule has 2 aromatic carbocycles. The predicted molar refractivity (Wildman–Crippen MR) is 216 cm³/mol. The summed E-state index contributed by atoms with van der Waals surface area (Å²) in [7, 11) is 0.617. The molecule has 2 aliphatic rings. The average molecular weight is 786 g/mol. The topological polar surface area (TPSA) is 159 Å². The highest BCUT2D eigenvalue weighted by Gasteiger charge is 2.59. The number of H-pyrrole nitrogens is 1. The largest absolute Gasteiger partial charge is 0.404 e. The molecular weight excluding hydrogens is 731 g/mol. The standard InChI is InChI=1S/C42H55N5O8Si/c1-27(2)35(49)45-38-44-34-32(36(50)46-38)43-26-47(34)37-40(6,55-56(9,10)39(3,4)5)33(48)31(54-37)25-53-42(28-17-13-11-14-18-28,29-19-15-12-16-20-29)30-21-23-41(51-7,52-8)24-22-30/h11-23,26-27,31,33,37,48H,24-25H2,1-10H3,(H2,44,45,46,49,50)/t31-,33-,37-,40-/m1/s1. The van der Waals surface area contributed by atoms with E-state index >= 15 is 0 Å². The Bertz CT molecular complexity index is 2100. The lowest BCUT2D eigenvalue weighted by Gasteiger charge is -2.45. The van der Waals surface area contributed by atoms with Gasteiger partial charge in [0.05, 0.1) is 12.9 Å². The number of hydrogen-bond donors (Lipinski definition) is 3. The summed E-state index contributed by atoms with van der Waals surface area (Å²) < 4.78 is 34.3. The fourth-order valence-electron chi connectivity index (χ4n) is 7.15. The highest BCUT2D eigenvalue weighted by molar-refractivity contribution is 6.74. The Morgan fingerprint density at radius 1 is 1.07 bits per heavy atom. The second kappa shape index (κ2) is 15.6. The molecule has 1 saturated heterocycles. The number of nitrogens with zero attached hydrogens (tertiary/aromatic N) is 3. The summed E-state index contributed by atoms with van der Waals surface area (Å²) in [6, 6.07) is 19.9. The number of aromatic amines is 1. The minimum atomic E-state index is -2.61. The van der Waals surface area contributed by atoms with Crippen molar-refractivity contribution in [2.75, 3.05) is 26.1 Å². The molecule has 1 amide bonds. The Labute approximate surface area is 329 Å². The predicted octanol–water partition coefficient (Wildman–Crippen LogP) is 6.59. The molecule has 0 radical (unpaired) electrons. The Morgan fingerprint density at radius 3 is 2.20 bits per heavy atom. The first-order valence-corrected chi connectivity index (χ1v) is 21.9. The lowest BCUT2D eigenvalue weighted by molar-refractivity contribution is -0.168. The second-order valence-corrected chi connectivity index (χ2v) is 21.3. The molecular formula is C42H55N5O8Si. The Kier molecular flexibility index (Phi) is 11.5. The van der Waals surface area contributed by atoms with E-state index in [4.69, 9.17) is 23.4 Å². The van der Waals surface area contributed by atoms with Crippen LogP contribution in [0.1, 0.15) is 65.3 Å². The molecule has 1 aliphatic carbocycles. The molecule has 1 fully saturated rings. The van der Waals surface area contributed by atoms with E-state index in [0.717, 1.165) is 16.7 Å². The second-order valence-electron chi connectivity index (χ2n) is 16.5. The number of aliphatic hydroxyl groups is 1. The van der Waals surface area contributed by atoms with Crippen LogP contribution in [0.3, 0.4) is 0 Å². The third-order valence-electron chi connectivity index (χ3n) is 11.5. The maximum atomic E-state index is 13.3. The lowest BCUT2D eigenvalue weighted by Crippen LogP contribution is -2.56. The van der Waals surface area contributed by atoms with Crippen LogP contribution in [0.4, 0.5) is 5.95 Å². The van der Waals surface area contributed by atoms with E-state index in [1.165, 1.54) is 6.33 Å². The normalized spacial score (nSPS) is 22.8. The molecule has 3 heterocycles. The van der Waals surface area contributed by atoms with Crippen LogP contribution >= 0.6 is 0 Å². The van der Waals surface area contributed by atoms with Crippen LogP contribution in [0, 0.1) is 5.92 Å². The fraction of sp³-hybridized carbons (Fsp3) is 0.476. The summed E-state index contributed by atoms with van der Waals surface area (Å²) >= 11 is 0. The monoisotopic (exact) mass is 785 g/mol. The summed E-state index contributed by atoms with van der Waals surface area (Å²) in [5.74, 6) is -1.61. The van der Waals surface area contributed by atoms with Crippen molar-refractivity contribution in [2.45, 2.75) is 102 Å². The number of carbonyl (C=O) groups excluding carboxylic acids is 1. The highest BCUT2D eigenvalue weighted by atomic mass is 28.4. The minimum absolute atomic E-state index is 0.0244. The minimum Gasteiger partial charge on any atom is -0.404 e. The third kappa shape index (κ3) is 7.47. The summed E-state index contributed by atoms with van der Waals surface area (Å²) in [5.41, 5.74) is -0.243. The van der Waals surface area contributed by atoms with Gasteiger partial charge < -0.3 is 28.5 Å². The molecule has 4 aromatic rings. The molecule has 300 valence electrons. The highest BCUT2D eigenvalue weighted by Crippen LogP contribution is 2.50. The summed E-state index contributed by atoms with van der Waals surface area (Å²) in [6.07, 6.45) is 4.66. The number of benzene rings is 2. The first-order valence-electron chi connectivity index (χ1n) is 19.0. The number of amides is 1. The number of aromatic nitrogens is 4. The van der Waals surface area contributed by atoms with Crippen LogP contribution in [-0.2, 0) is 33.8 Å². The zero-order valence-electron chi connectivity index (χ0n) is 34.0. The molecule has 14 heteroatoms. The number of ether oxygens (including phenoxy) is 4. The van der Waals surface area contributed by atoms with Crippen molar-refractivity contribution in [3.05, 3.63) is 112 Å². The molecule has 2 aromatic heterocycles. The number of nitrogens with one attached hydrogen (secondary N) is 2. The maximum Gasteiger partial charge on any atom is 0.280 e. The van der Waals surface area contributed by atoms with Gasteiger partial charge in [-0.1, -0.05) is 107 Å². The van der Waals surface area contributed by atoms with Crippen LogP contribution in [0.15, 0.2) is 95.6 Å². The fourth-order valence-corrected chi connectivity index (χ4v) is 8.78. The van der Waals surface area contributed by atoms with Gasteiger partial charge in [-0.15, -0.1) is 0 Å². The average Bonchev–Trinajstić information content (AvgIpc) is 3.69. The van der Waals surface area contributed by atoms with Gasteiger partial charge in [0.25, 0.3) is 5.56 Å². The number of carbonyl (C=O) groups is 1. The molecule has 13 nitrogen and oxygen atoms in total. The number of methoxy groups -OCH3 is 2. The molecule has 4 atom stereocenters. The number of rotatable bonds is 13. The number of aliphatic hydroxyl groups excluding tert-OH is 1. The van der Waals surface area contributed by atoms with Crippen molar-refractivity contribution in [1.82, 2.24) is 19.5 Å². The van der Waals surface area contributed by atoms with E-state index in [1.54, 1.807) is 32.6 Å². The van der Waals surface area contributed by atoms with Gasteiger partial charge in [-0.3, -0.25) is 24.5 Å². The Balaban J connectivity index is 1.46. The van der Waals surface area contributed by atoms with Gasteiger partial charge in [-0.05, 0) is 47.8 Å². The molecule has 56 heavy (non-hydrogen) atoms. The van der Waals surface area contributed by atoms with Gasteiger partial charge >= 0.3 is 0 Å². The van der Waals surface area contributed by atoms with Crippen molar-refractivity contribution in [3.8, 4) is 0 Å². The van der Waals surface area contributed by atoms with Crippen molar-refractivity contribution in [2.24, 2.45) is 5.92 Å². The van der Waals surface area contributed by atoms with Crippen LogP contribution in [0.2, 0.25) is 18.1 Å². The van der Waals surface area contributed by atoms with E-state index in [0.29, 0.717) is 6.42 Å². The van der Waals surface area contributed by atoms with Crippen LogP contribution in [-0.4, -0.2) is 83.3 Å². The molecule has 0 spiro atoms. The number of imidazole rings is 1. The van der Waals surface area contributed by atoms with E-state index in [9.17, 15) is 14.7 Å². The van der Waals surface area contributed by atoms with E-state index in [1.807, 2.05) is 79.7 Å². The SMILES string of the molecule is COC1(OC)C=CC(C(OC[C@H]2O[C@@H](n3cnc4c(=O)[nH]c(NC(=O)C(C)C)nc43)[C@](C)(O[Si](C)(C)C(C)(C)C)[C@@H]2O)(c2ccccc2)c2ccccc2)=CC1. The van der Waals surface area contributed by atoms with Gasteiger partial charge in [0.1, 0.15) is 23.4 Å². The Hall–Kier alpha value is -4.28. The summed E-state index contributed by atoms with van der Waals surface area (Å²) in [5, 5.41) is 15.0. The smallest absolute Gasteiger partial charge is 0.280 e. The van der Waals surface area contributed by atoms with Crippen LogP contribution < -0.4 is 10.9 Å². The van der Waals surface area contributed by atoms with Crippen LogP contribution in [0.5, 0.6) is 0 Å². The van der Waals surface area contributed by atoms with Crippen molar-refractivity contribution in [3.63, 3.8) is 0 Å². The molecule has 3 N–H and O–H groups in total. The Morgan fingerprint density at radius 2 is 1.68 bits per heavy atom. The third-order valence-corrected chi connectivity index (χ3v) is 16.1. The maximum absolute atomic E-state index is 13.3. The molecule has 0 unspecified atom stereocenters. The number of hydrogen-bond acceptors (Lipinski definition) is 10. The molecule has 0 saturated carbocycles. The zero-order chi connectivity index (χ0) is 40.7. The van der Waals surface area contributed by atoms with Crippen molar-refractivity contribution < 1.29 is 33.3 Å². The molecule has 0 bridgehead atoms. The van der Waals surface area contributed by atoms with Crippen LogP contribution in [0.25, 0.3) is 11.2 Å². The zero-order valence-corrected chi connectivity index (χ0v) is 35.0. The quantitative estimate of drug-likeness (QED) is 0.0998. The van der Waals surface area contributed by atoms with Crippen molar-refractivity contribution in [1.29, 1.82) is 0 Å². The first-order chi connectivity index (χ1) is 26.4. The van der Waals surface area contributed by atoms with Gasteiger partial charge in [0.15, 0.2) is 31.5 Å². The van der Waals surface area contributed by atoms with E-state index in [2.05, 4.69) is 60.2 Å². The van der Waals surface area contributed by atoms with Gasteiger partial charge in [0, 0.05) is 26.6 Å². The first kappa shape index (κ1) is 41.4. The molecule has 6 rings (SSSR count). The van der Waals surface area contributed by atoms with Gasteiger partial charge in [-0.25, -0.2) is 4.98 Å². The lowest BCUT2D eigenvalue weighted by atomic mass is 9.77.